The van der Waals surface area contributed by atoms with Gasteiger partial charge in [-0.25, -0.2) is 0 Å². The first kappa shape index (κ1) is 14.1. The van der Waals surface area contributed by atoms with E-state index in [0.29, 0.717) is 0 Å². The van der Waals surface area contributed by atoms with Gasteiger partial charge in [0.1, 0.15) is 0 Å². The van der Waals surface area contributed by atoms with Gasteiger partial charge in [0.25, 0.3) is 0 Å². The number of hydrogen-bond donors (Lipinski definition) is 0. The van der Waals surface area contributed by atoms with Gasteiger partial charge in [0.05, 0.1) is 0 Å². The molecule has 1 aromatic carbocycles. The summed E-state index contributed by atoms with van der Waals surface area (Å²) in [5, 5.41) is 0. The van der Waals surface area contributed by atoms with E-state index in [-0.39, 0.29) is 0 Å². The first-order valence-electron chi connectivity index (χ1n) is 8.17. The molecule has 2 saturated heterocycles. The lowest BCUT2D eigenvalue weighted by molar-refractivity contribution is -0.00628. The highest BCUT2D eigenvalue weighted by Crippen LogP contribution is 2.26. The molecule has 0 aliphatic carbocycles. The lowest BCUT2D eigenvalue weighted by Gasteiger charge is -2.49. The van der Waals surface area contributed by atoms with E-state index in [9.17, 15) is 0 Å². The van der Waals surface area contributed by atoms with Crippen molar-refractivity contribution < 1.29 is 0 Å². The average molecular weight is 272 g/mol. The van der Waals surface area contributed by atoms with E-state index < -0.39 is 0 Å². The molecule has 0 radical (unpaired) electrons. The van der Waals surface area contributed by atoms with E-state index in [2.05, 4.69) is 48.8 Å². The Kier molecular flexibility index (Phi) is 4.13. The second-order valence-electron chi connectivity index (χ2n) is 6.86. The molecule has 110 valence electrons. The van der Waals surface area contributed by atoms with Crippen LogP contribution in [0.25, 0.3) is 0 Å². The molecule has 2 heteroatoms. The topological polar surface area (TPSA) is 6.48 Å². The maximum atomic E-state index is 2.75. The van der Waals surface area contributed by atoms with Gasteiger partial charge in [0.15, 0.2) is 0 Å². The first-order valence-corrected chi connectivity index (χ1v) is 8.17. The molecule has 2 nitrogen and oxygen atoms in total. The molecule has 0 saturated carbocycles. The van der Waals surface area contributed by atoms with Gasteiger partial charge in [-0.3, -0.25) is 9.80 Å². The van der Waals surface area contributed by atoms with Crippen molar-refractivity contribution in [3.8, 4) is 0 Å². The van der Waals surface area contributed by atoms with Gasteiger partial charge in [-0.15, -0.1) is 0 Å². The Labute approximate surface area is 123 Å². The molecule has 2 aliphatic heterocycles. The molecule has 1 aromatic rings. The van der Waals surface area contributed by atoms with E-state index in [1.807, 2.05) is 0 Å². The van der Waals surface area contributed by atoms with Gasteiger partial charge in [-0.05, 0) is 51.3 Å². The van der Waals surface area contributed by atoms with Crippen molar-refractivity contribution in [3.63, 3.8) is 0 Å². The van der Waals surface area contributed by atoms with Crippen LogP contribution in [0.5, 0.6) is 0 Å². The van der Waals surface area contributed by atoms with Crippen LogP contribution >= 0.6 is 0 Å². The number of rotatable bonds is 3. The van der Waals surface area contributed by atoms with E-state index in [0.717, 1.165) is 18.6 Å². The largest absolute Gasteiger partial charge is 0.296 e. The summed E-state index contributed by atoms with van der Waals surface area (Å²) in [4.78, 5) is 5.35. The second kappa shape index (κ2) is 5.87. The second-order valence-corrected chi connectivity index (χ2v) is 6.86. The number of piperidine rings is 1. The fourth-order valence-electron chi connectivity index (χ4n) is 3.81. The Morgan fingerprint density at radius 3 is 2.65 bits per heavy atom. The van der Waals surface area contributed by atoms with E-state index in [1.54, 1.807) is 0 Å². The van der Waals surface area contributed by atoms with Crippen molar-refractivity contribution >= 4 is 0 Å². The summed E-state index contributed by atoms with van der Waals surface area (Å²) in [6.07, 6.45) is 4.22. The highest BCUT2D eigenvalue weighted by Gasteiger charge is 2.34. The van der Waals surface area contributed by atoms with Crippen molar-refractivity contribution in [1.82, 2.24) is 9.80 Å². The smallest absolute Gasteiger partial charge is 0.0353 e. The highest BCUT2D eigenvalue weighted by atomic mass is 15.3. The molecule has 3 rings (SSSR count). The molecule has 0 bridgehead atoms. The lowest BCUT2D eigenvalue weighted by atomic mass is 9.96. The van der Waals surface area contributed by atoms with E-state index in [4.69, 9.17) is 0 Å². The summed E-state index contributed by atoms with van der Waals surface area (Å²) in [5.41, 5.74) is 4.32. The van der Waals surface area contributed by atoms with Crippen molar-refractivity contribution in [3.05, 3.63) is 34.9 Å². The monoisotopic (exact) mass is 272 g/mol. The normalized spacial score (nSPS) is 25.6. The van der Waals surface area contributed by atoms with Gasteiger partial charge in [-0.1, -0.05) is 30.2 Å². The molecular formula is C18H28N2. The molecule has 1 atom stereocenters. The van der Waals surface area contributed by atoms with Crippen LogP contribution in [0.4, 0.5) is 0 Å². The maximum Gasteiger partial charge on any atom is 0.0353 e. The SMILES string of the molecule is Cc1ccc(CN2CC(N3CCCCC3C)C2)c(C)c1. The fraction of sp³-hybridized carbons (Fsp3) is 0.667. The molecular weight excluding hydrogens is 244 g/mol. The summed E-state index contributed by atoms with van der Waals surface area (Å²) in [5.74, 6) is 0. The Hall–Kier alpha value is -0.860. The average Bonchev–Trinajstić information content (AvgIpc) is 2.37. The molecule has 0 spiro atoms. The lowest BCUT2D eigenvalue weighted by Crippen LogP contribution is -2.61. The van der Waals surface area contributed by atoms with Crippen molar-refractivity contribution in [1.29, 1.82) is 0 Å². The van der Waals surface area contributed by atoms with Gasteiger partial charge in [0, 0.05) is 31.7 Å². The number of likely N-dealkylation sites (tertiary alicyclic amines) is 2. The zero-order valence-electron chi connectivity index (χ0n) is 13.2. The third-order valence-corrected chi connectivity index (χ3v) is 5.15. The van der Waals surface area contributed by atoms with Gasteiger partial charge < -0.3 is 0 Å². The first-order chi connectivity index (χ1) is 9.63. The van der Waals surface area contributed by atoms with Crippen LogP contribution in [0.1, 0.15) is 42.9 Å². The van der Waals surface area contributed by atoms with Crippen LogP contribution in [0.2, 0.25) is 0 Å². The molecule has 0 aromatic heterocycles. The molecule has 0 amide bonds. The number of benzene rings is 1. The Bertz CT molecular complexity index is 462. The molecule has 0 N–H and O–H groups in total. The van der Waals surface area contributed by atoms with Crippen LogP contribution in [0.3, 0.4) is 0 Å². The third kappa shape index (κ3) is 2.91. The van der Waals surface area contributed by atoms with Crippen LogP contribution in [-0.2, 0) is 6.54 Å². The summed E-state index contributed by atoms with van der Waals surface area (Å²) in [6.45, 7) is 11.8. The van der Waals surface area contributed by atoms with Crippen LogP contribution in [0.15, 0.2) is 18.2 Å². The van der Waals surface area contributed by atoms with Gasteiger partial charge >= 0.3 is 0 Å². The fourth-order valence-corrected chi connectivity index (χ4v) is 3.81. The predicted molar refractivity (Wildman–Crippen MR) is 85.0 cm³/mol. The van der Waals surface area contributed by atoms with Gasteiger partial charge in [-0.2, -0.15) is 0 Å². The van der Waals surface area contributed by atoms with E-state index in [1.165, 1.54) is 55.6 Å². The number of nitrogens with zero attached hydrogens (tertiary/aromatic N) is 2. The zero-order valence-corrected chi connectivity index (χ0v) is 13.2. The minimum atomic E-state index is 0.803. The molecule has 2 aliphatic rings. The zero-order chi connectivity index (χ0) is 14.1. The third-order valence-electron chi connectivity index (χ3n) is 5.15. The highest BCUT2D eigenvalue weighted by molar-refractivity contribution is 5.30. The predicted octanol–water partition coefficient (Wildman–Crippen LogP) is 3.36. The van der Waals surface area contributed by atoms with Crippen LogP contribution < -0.4 is 0 Å². The number of hydrogen-bond acceptors (Lipinski definition) is 2. The summed E-state index contributed by atoms with van der Waals surface area (Å²) in [7, 11) is 0. The van der Waals surface area contributed by atoms with Crippen LogP contribution in [-0.4, -0.2) is 41.5 Å². The van der Waals surface area contributed by atoms with Crippen molar-refractivity contribution in [2.24, 2.45) is 0 Å². The van der Waals surface area contributed by atoms with Crippen molar-refractivity contribution in [2.45, 2.75) is 58.7 Å². The Morgan fingerprint density at radius 2 is 1.95 bits per heavy atom. The van der Waals surface area contributed by atoms with Crippen LogP contribution in [0, 0.1) is 13.8 Å². The quantitative estimate of drug-likeness (QED) is 0.832. The summed E-state index contributed by atoms with van der Waals surface area (Å²) < 4.78 is 0. The van der Waals surface area contributed by atoms with E-state index >= 15 is 0 Å². The standard InChI is InChI=1S/C18H28N2/c1-14-7-8-17(15(2)10-14)11-19-12-18(13-19)20-9-5-4-6-16(20)3/h7-8,10,16,18H,4-6,9,11-13H2,1-3H3. The minimum Gasteiger partial charge on any atom is -0.296 e. The maximum absolute atomic E-state index is 2.75. The summed E-state index contributed by atoms with van der Waals surface area (Å²) >= 11 is 0. The van der Waals surface area contributed by atoms with Crippen molar-refractivity contribution in [2.75, 3.05) is 19.6 Å². The Morgan fingerprint density at radius 1 is 1.15 bits per heavy atom. The molecule has 20 heavy (non-hydrogen) atoms. The molecule has 1 unspecified atom stereocenters. The molecule has 2 fully saturated rings. The molecule has 2 heterocycles. The minimum absolute atomic E-state index is 0.803. The van der Waals surface area contributed by atoms with Gasteiger partial charge in [0.2, 0.25) is 0 Å². The summed E-state index contributed by atoms with van der Waals surface area (Å²) in [6, 6.07) is 8.47. The number of aryl methyl sites for hydroxylation is 2. The Balaban J connectivity index is 1.53.